The van der Waals surface area contributed by atoms with Crippen LogP contribution in [0.4, 0.5) is 11.5 Å². The van der Waals surface area contributed by atoms with E-state index in [1.54, 1.807) is 13.2 Å². The second kappa shape index (κ2) is 8.44. The number of benzene rings is 3. The molecule has 4 rings (SSSR count). The van der Waals surface area contributed by atoms with Crippen LogP contribution >= 0.6 is 0 Å². The molecule has 30 heavy (non-hydrogen) atoms. The van der Waals surface area contributed by atoms with Crippen LogP contribution < -0.4 is 14.8 Å². The van der Waals surface area contributed by atoms with E-state index in [1.165, 1.54) is 6.33 Å². The summed E-state index contributed by atoms with van der Waals surface area (Å²) >= 11 is 0. The summed E-state index contributed by atoms with van der Waals surface area (Å²) in [6.45, 7) is 0.345. The molecule has 3 aromatic carbocycles. The molecule has 0 bridgehead atoms. The fourth-order valence-corrected chi connectivity index (χ4v) is 3.00. The molecule has 0 aliphatic rings. The minimum atomic E-state index is -0.549. The zero-order valence-electron chi connectivity index (χ0n) is 16.1. The number of nitro groups is 1. The van der Waals surface area contributed by atoms with E-state index in [0.29, 0.717) is 12.3 Å². The summed E-state index contributed by atoms with van der Waals surface area (Å²) in [6.07, 6.45) is 1.24. The van der Waals surface area contributed by atoms with Gasteiger partial charge >= 0.3 is 11.6 Å². The van der Waals surface area contributed by atoms with Gasteiger partial charge in [0.25, 0.3) is 0 Å². The number of ether oxygens (including phenoxy) is 2. The number of anilines is 1. The second-order valence-electron chi connectivity index (χ2n) is 6.45. The molecule has 0 fully saturated rings. The third kappa shape index (κ3) is 4.12. The van der Waals surface area contributed by atoms with Crippen molar-refractivity contribution in [2.45, 2.75) is 6.54 Å². The minimum absolute atomic E-state index is 0.0848. The van der Waals surface area contributed by atoms with Crippen molar-refractivity contribution in [1.29, 1.82) is 0 Å². The summed E-state index contributed by atoms with van der Waals surface area (Å²) in [5.41, 5.74) is 0.597. The van der Waals surface area contributed by atoms with Gasteiger partial charge in [0.15, 0.2) is 0 Å². The number of hydrogen-bond acceptors (Lipinski definition) is 7. The first-order valence-electron chi connectivity index (χ1n) is 9.17. The van der Waals surface area contributed by atoms with E-state index in [-0.39, 0.29) is 17.4 Å². The van der Waals surface area contributed by atoms with E-state index in [4.69, 9.17) is 9.47 Å². The van der Waals surface area contributed by atoms with Crippen LogP contribution in [0.1, 0.15) is 5.56 Å². The maximum Gasteiger partial charge on any atom is 0.373 e. The van der Waals surface area contributed by atoms with Crippen molar-refractivity contribution in [2.24, 2.45) is 0 Å². The third-order valence-electron chi connectivity index (χ3n) is 4.53. The maximum absolute atomic E-state index is 11.7. The molecule has 150 valence electrons. The Labute approximate surface area is 172 Å². The van der Waals surface area contributed by atoms with Gasteiger partial charge in [-0.2, -0.15) is 4.98 Å². The Balaban J connectivity index is 1.59. The molecule has 4 aromatic rings. The average molecular weight is 402 g/mol. The van der Waals surface area contributed by atoms with Gasteiger partial charge in [-0.05, 0) is 40.6 Å². The first kappa shape index (κ1) is 19.1. The molecule has 1 heterocycles. The van der Waals surface area contributed by atoms with Gasteiger partial charge in [-0.25, -0.2) is 4.98 Å². The van der Waals surface area contributed by atoms with E-state index in [1.807, 2.05) is 60.7 Å². The Morgan fingerprint density at radius 2 is 1.70 bits per heavy atom. The van der Waals surface area contributed by atoms with Gasteiger partial charge < -0.3 is 14.8 Å². The fraction of sp³-hybridized carbons (Fsp3) is 0.0909. The number of methoxy groups -OCH3 is 1. The summed E-state index contributed by atoms with van der Waals surface area (Å²) in [7, 11) is 1.59. The van der Waals surface area contributed by atoms with E-state index in [0.717, 1.165) is 22.1 Å². The summed E-state index contributed by atoms with van der Waals surface area (Å²) in [5, 5.41) is 16.7. The summed E-state index contributed by atoms with van der Waals surface area (Å²) in [5.74, 6) is 1.15. The van der Waals surface area contributed by atoms with Crippen LogP contribution in [0.5, 0.6) is 17.4 Å². The van der Waals surface area contributed by atoms with E-state index in [2.05, 4.69) is 15.3 Å². The molecule has 0 saturated carbocycles. The van der Waals surface area contributed by atoms with Crippen molar-refractivity contribution >= 4 is 22.3 Å². The van der Waals surface area contributed by atoms with Gasteiger partial charge in [-0.15, -0.1) is 0 Å². The van der Waals surface area contributed by atoms with Crippen molar-refractivity contribution < 1.29 is 14.4 Å². The van der Waals surface area contributed by atoms with Crippen LogP contribution in [0.3, 0.4) is 0 Å². The lowest BCUT2D eigenvalue weighted by atomic mass is 10.1. The topological polar surface area (TPSA) is 99.4 Å². The smallest absolute Gasteiger partial charge is 0.373 e. The Bertz CT molecular complexity index is 1200. The molecule has 0 spiro atoms. The highest BCUT2D eigenvalue weighted by molar-refractivity contribution is 5.83. The molecule has 0 amide bonds. The molecule has 8 heteroatoms. The van der Waals surface area contributed by atoms with E-state index < -0.39 is 4.92 Å². The number of rotatable bonds is 7. The molecule has 8 nitrogen and oxygen atoms in total. The van der Waals surface area contributed by atoms with Gasteiger partial charge in [0.05, 0.1) is 12.0 Å². The molecule has 0 radical (unpaired) electrons. The lowest BCUT2D eigenvalue weighted by molar-refractivity contribution is -0.385. The zero-order valence-corrected chi connectivity index (χ0v) is 16.1. The van der Waals surface area contributed by atoms with Crippen molar-refractivity contribution in [3.63, 3.8) is 0 Å². The molecule has 0 saturated heterocycles. The van der Waals surface area contributed by atoms with Crippen molar-refractivity contribution in [3.05, 3.63) is 88.7 Å². The standard InChI is InChI=1S/C22H18N4O4/c1-29-18-9-6-15(7-10-18)13-23-21-20(26(27)28)22(25-14-24-21)30-19-11-8-16-4-2-3-5-17(16)12-19/h2-12,14H,13H2,1H3,(H,23,24,25). The summed E-state index contributed by atoms with van der Waals surface area (Å²) in [6, 6.07) is 20.6. The fourth-order valence-electron chi connectivity index (χ4n) is 3.00. The number of fused-ring (bicyclic) bond motifs is 1. The van der Waals surface area contributed by atoms with Gasteiger partial charge in [-0.3, -0.25) is 10.1 Å². The monoisotopic (exact) mass is 402 g/mol. The van der Waals surface area contributed by atoms with Crippen LogP contribution in [-0.4, -0.2) is 22.0 Å². The predicted octanol–water partition coefficient (Wildman–Crippen LogP) is 4.95. The van der Waals surface area contributed by atoms with Gasteiger partial charge in [-0.1, -0.05) is 42.5 Å². The highest BCUT2D eigenvalue weighted by Crippen LogP contribution is 2.35. The number of aromatic nitrogens is 2. The van der Waals surface area contributed by atoms with Crippen LogP contribution in [0.2, 0.25) is 0 Å². The molecule has 1 aromatic heterocycles. The van der Waals surface area contributed by atoms with Crippen LogP contribution in [0.15, 0.2) is 73.1 Å². The largest absolute Gasteiger partial charge is 0.497 e. The third-order valence-corrected chi connectivity index (χ3v) is 4.53. The Morgan fingerprint density at radius 3 is 2.43 bits per heavy atom. The van der Waals surface area contributed by atoms with Crippen molar-refractivity contribution in [1.82, 2.24) is 9.97 Å². The van der Waals surface area contributed by atoms with Crippen LogP contribution in [-0.2, 0) is 6.54 Å². The predicted molar refractivity (Wildman–Crippen MR) is 113 cm³/mol. The minimum Gasteiger partial charge on any atom is -0.497 e. The summed E-state index contributed by atoms with van der Waals surface area (Å²) < 4.78 is 10.9. The molecule has 1 N–H and O–H groups in total. The zero-order chi connectivity index (χ0) is 20.9. The Kier molecular flexibility index (Phi) is 5.38. The number of hydrogen-bond donors (Lipinski definition) is 1. The van der Waals surface area contributed by atoms with E-state index >= 15 is 0 Å². The molecule has 0 unspecified atom stereocenters. The maximum atomic E-state index is 11.7. The molecular weight excluding hydrogens is 384 g/mol. The SMILES string of the molecule is COc1ccc(CNc2ncnc(Oc3ccc4ccccc4c3)c2[N+](=O)[O-])cc1. The normalized spacial score (nSPS) is 10.6. The highest BCUT2D eigenvalue weighted by atomic mass is 16.6. The molecular formula is C22H18N4O4. The molecule has 0 aliphatic heterocycles. The first-order chi connectivity index (χ1) is 14.6. The number of nitrogens with one attached hydrogen (secondary N) is 1. The van der Waals surface area contributed by atoms with Crippen LogP contribution in [0.25, 0.3) is 10.8 Å². The second-order valence-corrected chi connectivity index (χ2v) is 6.45. The van der Waals surface area contributed by atoms with Gasteiger partial charge in [0.1, 0.15) is 17.8 Å². The Hall–Kier alpha value is -4.20. The lowest BCUT2D eigenvalue weighted by Gasteiger charge is -2.10. The quantitative estimate of drug-likeness (QED) is 0.345. The van der Waals surface area contributed by atoms with Gasteiger partial charge in [0, 0.05) is 6.54 Å². The Morgan fingerprint density at radius 1 is 0.967 bits per heavy atom. The van der Waals surface area contributed by atoms with Gasteiger partial charge in [0.2, 0.25) is 5.82 Å². The highest BCUT2D eigenvalue weighted by Gasteiger charge is 2.25. The molecule has 0 aliphatic carbocycles. The summed E-state index contributed by atoms with van der Waals surface area (Å²) in [4.78, 5) is 19.2. The van der Waals surface area contributed by atoms with Crippen molar-refractivity contribution in [2.75, 3.05) is 12.4 Å². The lowest BCUT2D eigenvalue weighted by Crippen LogP contribution is -2.07. The number of nitrogens with zero attached hydrogens (tertiary/aromatic N) is 3. The molecule has 0 atom stereocenters. The average Bonchev–Trinajstić information content (AvgIpc) is 2.78. The van der Waals surface area contributed by atoms with Crippen LogP contribution in [0, 0.1) is 10.1 Å². The van der Waals surface area contributed by atoms with E-state index in [9.17, 15) is 10.1 Å². The van der Waals surface area contributed by atoms with Crippen molar-refractivity contribution in [3.8, 4) is 17.4 Å². The first-order valence-corrected chi connectivity index (χ1v) is 9.17.